The summed E-state index contributed by atoms with van der Waals surface area (Å²) in [4.78, 5) is 16.3. The smallest absolute Gasteiger partial charge is 0.225 e. The minimum absolute atomic E-state index is 0.147. The molecule has 5 heteroatoms. The molecule has 1 unspecified atom stereocenters. The minimum atomic E-state index is 0.147. The van der Waals surface area contributed by atoms with Crippen LogP contribution in [0.1, 0.15) is 25.7 Å². The maximum atomic E-state index is 12.1. The molecule has 0 bridgehead atoms. The first kappa shape index (κ1) is 13.8. The normalized spacial score (nSPS) is 26.3. The van der Waals surface area contributed by atoms with E-state index in [2.05, 4.69) is 4.90 Å². The number of nitrogens with zero attached hydrogens (tertiary/aromatic N) is 2. The van der Waals surface area contributed by atoms with Crippen LogP contribution in [0, 0.1) is 0 Å². The van der Waals surface area contributed by atoms with E-state index in [1.165, 1.54) is 0 Å². The summed E-state index contributed by atoms with van der Waals surface area (Å²) < 4.78 is 5.51. The van der Waals surface area contributed by atoms with Gasteiger partial charge in [0.25, 0.3) is 0 Å². The fourth-order valence-corrected chi connectivity index (χ4v) is 2.71. The van der Waals surface area contributed by atoms with E-state index < -0.39 is 0 Å². The molecule has 0 aromatic rings. The highest BCUT2D eigenvalue weighted by molar-refractivity contribution is 5.76. The molecule has 2 heterocycles. The Labute approximate surface area is 109 Å². The molecule has 0 radical (unpaired) electrons. The van der Waals surface area contributed by atoms with E-state index in [1.54, 1.807) is 0 Å². The number of β-amino-alcohol motifs (C(OH)–C–C–N with tert-alkyl or cyclic N) is 1. The summed E-state index contributed by atoms with van der Waals surface area (Å²) >= 11 is 0. The van der Waals surface area contributed by atoms with E-state index in [1.807, 2.05) is 4.90 Å². The van der Waals surface area contributed by atoms with Gasteiger partial charge in [-0.25, -0.2) is 0 Å². The Bertz CT molecular complexity index is 267. The van der Waals surface area contributed by atoms with Crippen molar-refractivity contribution in [2.45, 2.75) is 31.8 Å². The van der Waals surface area contributed by atoms with Gasteiger partial charge >= 0.3 is 0 Å². The average Bonchev–Trinajstić information content (AvgIpc) is 2.74. The quantitative estimate of drug-likeness (QED) is 0.774. The molecule has 5 nitrogen and oxygen atoms in total. The van der Waals surface area contributed by atoms with Crippen LogP contribution in [0.2, 0.25) is 0 Å². The van der Waals surface area contributed by atoms with Gasteiger partial charge in [-0.3, -0.25) is 9.69 Å². The van der Waals surface area contributed by atoms with E-state index in [9.17, 15) is 4.79 Å². The van der Waals surface area contributed by atoms with Gasteiger partial charge in [0.1, 0.15) is 0 Å². The number of ether oxygens (including phenoxy) is 1. The molecule has 2 fully saturated rings. The molecule has 0 saturated carbocycles. The minimum Gasteiger partial charge on any atom is -0.395 e. The number of aliphatic hydroxyl groups is 1. The number of rotatable bonds is 4. The maximum absolute atomic E-state index is 12.1. The van der Waals surface area contributed by atoms with Gasteiger partial charge in [-0.05, 0) is 25.8 Å². The second-order valence-corrected chi connectivity index (χ2v) is 5.14. The van der Waals surface area contributed by atoms with E-state index >= 15 is 0 Å². The van der Waals surface area contributed by atoms with Crippen LogP contribution in [0.25, 0.3) is 0 Å². The van der Waals surface area contributed by atoms with E-state index in [4.69, 9.17) is 9.84 Å². The number of carbonyl (C=O) groups is 1. The molecule has 1 amide bonds. The highest BCUT2D eigenvalue weighted by Crippen LogP contribution is 2.17. The Balaban J connectivity index is 1.76. The first-order valence-corrected chi connectivity index (χ1v) is 7.02. The molecule has 0 aromatic heterocycles. The Hall–Kier alpha value is -0.650. The number of hydrogen-bond donors (Lipinski definition) is 1. The van der Waals surface area contributed by atoms with Gasteiger partial charge in [-0.15, -0.1) is 0 Å². The third kappa shape index (κ3) is 3.93. The van der Waals surface area contributed by atoms with Crippen LogP contribution in [-0.4, -0.2) is 72.9 Å². The SMILES string of the molecule is O=C(CC1CCCO1)N1CCCN(CCO)CC1. The van der Waals surface area contributed by atoms with Crippen molar-refractivity contribution in [3.05, 3.63) is 0 Å². The van der Waals surface area contributed by atoms with Crippen molar-refractivity contribution < 1.29 is 14.6 Å². The monoisotopic (exact) mass is 256 g/mol. The molecule has 0 spiro atoms. The largest absolute Gasteiger partial charge is 0.395 e. The number of hydrogen-bond acceptors (Lipinski definition) is 4. The van der Waals surface area contributed by atoms with Crippen molar-refractivity contribution in [3.8, 4) is 0 Å². The van der Waals surface area contributed by atoms with E-state index in [0.717, 1.165) is 52.0 Å². The van der Waals surface area contributed by atoms with Crippen LogP contribution in [0.4, 0.5) is 0 Å². The first-order chi connectivity index (χ1) is 8.79. The van der Waals surface area contributed by atoms with Gasteiger partial charge in [0.05, 0.1) is 19.1 Å². The lowest BCUT2D eigenvalue weighted by atomic mass is 10.1. The summed E-state index contributed by atoms with van der Waals surface area (Å²) in [6, 6.07) is 0. The predicted molar refractivity (Wildman–Crippen MR) is 68.3 cm³/mol. The molecular formula is C13H24N2O3. The Morgan fingerprint density at radius 3 is 2.83 bits per heavy atom. The Kier molecular flexibility index (Phi) is 5.41. The fourth-order valence-electron chi connectivity index (χ4n) is 2.71. The molecule has 1 N–H and O–H groups in total. The van der Waals surface area contributed by atoms with Crippen LogP contribution in [-0.2, 0) is 9.53 Å². The van der Waals surface area contributed by atoms with Crippen LogP contribution in [0.15, 0.2) is 0 Å². The van der Waals surface area contributed by atoms with Crippen molar-refractivity contribution in [2.24, 2.45) is 0 Å². The average molecular weight is 256 g/mol. The summed E-state index contributed by atoms with van der Waals surface area (Å²) in [6.07, 6.45) is 3.80. The third-order valence-electron chi connectivity index (χ3n) is 3.78. The lowest BCUT2D eigenvalue weighted by Gasteiger charge is -2.22. The molecular weight excluding hydrogens is 232 g/mol. The third-order valence-corrected chi connectivity index (χ3v) is 3.78. The summed E-state index contributed by atoms with van der Waals surface area (Å²) in [7, 11) is 0. The standard InChI is InChI=1S/C13H24N2O3/c16-9-8-14-4-2-5-15(7-6-14)13(17)11-12-3-1-10-18-12/h12,16H,1-11H2. The Morgan fingerprint density at radius 1 is 1.22 bits per heavy atom. The second-order valence-electron chi connectivity index (χ2n) is 5.14. The van der Waals surface area contributed by atoms with Gasteiger partial charge < -0.3 is 14.7 Å². The number of carbonyl (C=O) groups excluding carboxylic acids is 1. The van der Waals surface area contributed by atoms with Gasteiger partial charge in [-0.1, -0.05) is 0 Å². The first-order valence-electron chi connectivity index (χ1n) is 7.02. The zero-order valence-electron chi connectivity index (χ0n) is 11.0. The van der Waals surface area contributed by atoms with E-state index in [0.29, 0.717) is 13.0 Å². The predicted octanol–water partition coefficient (Wildman–Crippen LogP) is 0.0821. The number of amides is 1. The zero-order valence-corrected chi connectivity index (χ0v) is 11.0. The van der Waals surface area contributed by atoms with Crippen LogP contribution >= 0.6 is 0 Å². The summed E-state index contributed by atoms with van der Waals surface area (Å²) in [6.45, 7) is 5.20. The zero-order chi connectivity index (χ0) is 12.8. The highest BCUT2D eigenvalue weighted by atomic mass is 16.5. The van der Waals surface area contributed by atoms with Crippen molar-refractivity contribution in [3.63, 3.8) is 0 Å². The fraction of sp³-hybridized carbons (Fsp3) is 0.923. The lowest BCUT2D eigenvalue weighted by Crippen LogP contribution is -2.37. The van der Waals surface area contributed by atoms with Crippen molar-refractivity contribution >= 4 is 5.91 Å². The molecule has 2 aliphatic rings. The topological polar surface area (TPSA) is 53.0 Å². The lowest BCUT2D eigenvalue weighted by molar-refractivity contribution is -0.133. The molecule has 2 saturated heterocycles. The van der Waals surface area contributed by atoms with Crippen LogP contribution < -0.4 is 0 Å². The molecule has 0 aromatic carbocycles. The molecule has 2 aliphatic heterocycles. The van der Waals surface area contributed by atoms with Crippen LogP contribution in [0.5, 0.6) is 0 Å². The van der Waals surface area contributed by atoms with Gasteiger partial charge in [0.15, 0.2) is 0 Å². The van der Waals surface area contributed by atoms with Gasteiger partial charge in [-0.2, -0.15) is 0 Å². The van der Waals surface area contributed by atoms with Crippen LogP contribution in [0.3, 0.4) is 0 Å². The second kappa shape index (κ2) is 7.07. The Morgan fingerprint density at radius 2 is 2.11 bits per heavy atom. The molecule has 2 rings (SSSR count). The maximum Gasteiger partial charge on any atom is 0.225 e. The molecule has 18 heavy (non-hydrogen) atoms. The highest BCUT2D eigenvalue weighted by Gasteiger charge is 2.24. The van der Waals surface area contributed by atoms with Gasteiger partial charge in [0.2, 0.25) is 5.91 Å². The van der Waals surface area contributed by atoms with Gasteiger partial charge in [0, 0.05) is 32.8 Å². The molecule has 0 aliphatic carbocycles. The van der Waals surface area contributed by atoms with Crippen molar-refractivity contribution in [1.82, 2.24) is 9.80 Å². The number of aliphatic hydroxyl groups excluding tert-OH is 1. The van der Waals surface area contributed by atoms with E-state index in [-0.39, 0.29) is 18.6 Å². The summed E-state index contributed by atoms with van der Waals surface area (Å²) in [5.74, 6) is 0.229. The molecule has 104 valence electrons. The van der Waals surface area contributed by atoms with Crippen molar-refractivity contribution in [1.29, 1.82) is 0 Å². The van der Waals surface area contributed by atoms with Crippen molar-refractivity contribution in [2.75, 3.05) is 45.9 Å². The summed E-state index contributed by atoms with van der Waals surface area (Å²) in [5, 5.41) is 8.94. The summed E-state index contributed by atoms with van der Waals surface area (Å²) in [5.41, 5.74) is 0. The molecule has 1 atom stereocenters.